The number of rotatable bonds is 0. The molecule has 0 saturated heterocycles. The van der Waals surface area contributed by atoms with Crippen LogP contribution in [-0.2, 0) is 0 Å². The van der Waals surface area contributed by atoms with Gasteiger partial charge in [-0.15, -0.1) is 0 Å². The normalized spacial score (nSPS) is 18.2. The summed E-state index contributed by atoms with van der Waals surface area (Å²) < 4.78 is 1.18. The van der Waals surface area contributed by atoms with E-state index < -0.39 is 0 Å². The van der Waals surface area contributed by atoms with Crippen molar-refractivity contribution in [3.8, 4) is 0 Å². The van der Waals surface area contributed by atoms with Crippen LogP contribution in [0.3, 0.4) is 0 Å². The van der Waals surface area contributed by atoms with Gasteiger partial charge in [-0.2, -0.15) is 0 Å². The van der Waals surface area contributed by atoms with Gasteiger partial charge in [0.15, 0.2) is 0 Å². The lowest BCUT2D eigenvalue weighted by Crippen LogP contribution is -2.14. The van der Waals surface area contributed by atoms with E-state index in [0.29, 0.717) is 0 Å². The number of hydrogen-bond donors (Lipinski definition) is 0. The second-order valence-corrected chi connectivity index (χ2v) is 4.21. The van der Waals surface area contributed by atoms with Gasteiger partial charge in [0, 0.05) is 0 Å². The van der Waals surface area contributed by atoms with E-state index in [1.807, 2.05) is 0 Å². The van der Waals surface area contributed by atoms with Crippen LogP contribution >= 0.6 is 22.6 Å². The minimum atomic E-state index is 0.210. The van der Waals surface area contributed by atoms with E-state index in [1.54, 1.807) is 0 Å². The van der Waals surface area contributed by atoms with E-state index in [9.17, 15) is 0 Å². The molecule has 0 atom stereocenters. The van der Waals surface area contributed by atoms with Crippen molar-refractivity contribution >= 4 is 28.8 Å². The summed E-state index contributed by atoms with van der Waals surface area (Å²) in [6, 6.07) is 0. The van der Waals surface area contributed by atoms with Gasteiger partial charge in [-0.05, 0) is 5.41 Å². The number of aliphatic imine (C=N–C) groups is 1. The zero-order valence-electron chi connectivity index (χ0n) is 5.83. The third kappa shape index (κ3) is 1.34. The van der Waals surface area contributed by atoms with E-state index >= 15 is 0 Å². The molecule has 0 fully saturated rings. The van der Waals surface area contributed by atoms with Gasteiger partial charge >= 0.3 is 0 Å². The summed E-state index contributed by atoms with van der Waals surface area (Å²) in [5, 5.41) is 0. The molecule has 9 heavy (non-hydrogen) atoms. The van der Waals surface area contributed by atoms with Gasteiger partial charge in [-0.1, -0.05) is 58.9 Å². The molecule has 0 aromatic heterocycles. The Bertz CT molecular complexity index is 184. The number of allylic oxidation sites excluding steroid dienone is 2. The van der Waals surface area contributed by atoms with Crippen LogP contribution in [0.5, 0.6) is 0 Å². The van der Waals surface area contributed by atoms with Gasteiger partial charge in [-0.3, -0.25) is 0 Å². The Hall–Kier alpha value is 0.140. The van der Waals surface area contributed by atoms with Crippen molar-refractivity contribution in [3.63, 3.8) is 0 Å². The summed E-state index contributed by atoms with van der Waals surface area (Å²) in [5.41, 5.74) is 1.39. The first-order chi connectivity index (χ1) is 4.02. The summed E-state index contributed by atoms with van der Waals surface area (Å²) in [6.07, 6.45) is 2.86. The lowest BCUT2D eigenvalue weighted by Gasteiger charge is -2.31. The first kappa shape index (κ1) is 7.25. The largest absolute Gasteiger partial charge is 0.388 e. The number of halogens is 1. The van der Waals surface area contributed by atoms with Gasteiger partial charge in [0.2, 0.25) is 0 Å². The highest BCUT2D eigenvalue weighted by Crippen LogP contribution is 2.35. The Balaban J connectivity index is 2.77. The molecule has 0 amide bonds. The molecular weight excluding hydrogens is 225 g/mol. The molecule has 50 valence electrons. The molecule has 0 unspecified atom stereocenters. The molecule has 0 bridgehead atoms. The third-order valence-corrected chi connectivity index (χ3v) is 1.94. The zero-order valence-corrected chi connectivity index (χ0v) is 7.98. The summed E-state index contributed by atoms with van der Waals surface area (Å²) in [7, 11) is 0. The molecule has 1 aliphatic rings. The Morgan fingerprint density at radius 2 is 2.00 bits per heavy atom. The predicted octanol–water partition coefficient (Wildman–Crippen LogP) is 2.64. The fourth-order valence-corrected chi connectivity index (χ4v) is 1.70. The summed E-state index contributed by atoms with van der Waals surface area (Å²) in [6.45, 7) is 6.47. The molecular formula is C7H9IN-. The van der Waals surface area contributed by atoms with Crippen molar-refractivity contribution in [2.75, 3.05) is 0 Å². The third-order valence-electron chi connectivity index (χ3n) is 1.18. The molecule has 1 nitrogen and oxygen atoms in total. The maximum atomic E-state index is 4.04. The van der Waals surface area contributed by atoms with Crippen LogP contribution in [0, 0.1) is 5.41 Å². The Kier molecular flexibility index (Phi) is 1.67. The first-order valence-corrected chi connectivity index (χ1v) is 3.96. The van der Waals surface area contributed by atoms with E-state index in [2.05, 4.69) is 54.6 Å². The molecule has 0 saturated carbocycles. The van der Waals surface area contributed by atoms with Crippen LogP contribution in [-0.4, -0.2) is 6.21 Å². The minimum Gasteiger partial charge on any atom is -0.388 e. The zero-order chi connectivity index (χ0) is 7.07. The molecule has 0 radical (unpaired) electrons. The summed E-state index contributed by atoms with van der Waals surface area (Å²) >= 11 is 2.26. The quantitative estimate of drug-likeness (QED) is 0.451. The van der Waals surface area contributed by atoms with Crippen LogP contribution in [0.2, 0.25) is 0 Å². The van der Waals surface area contributed by atoms with Crippen molar-refractivity contribution in [1.82, 2.24) is 0 Å². The molecule has 0 spiro atoms. The molecule has 1 heterocycles. The van der Waals surface area contributed by atoms with Crippen LogP contribution in [0.1, 0.15) is 20.8 Å². The predicted molar refractivity (Wildman–Crippen MR) is 47.9 cm³/mol. The fourth-order valence-electron chi connectivity index (χ4n) is 0.651. The Morgan fingerprint density at radius 3 is 2.00 bits per heavy atom. The van der Waals surface area contributed by atoms with Crippen LogP contribution in [0.4, 0.5) is 0 Å². The smallest absolute Gasteiger partial charge is 0.0409 e. The van der Waals surface area contributed by atoms with E-state index in [0.717, 1.165) is 0 Å². The van der Waals surface area contributed by atoms with Gasteiger partial charge < -0.3 is 4.99 Å². The maximum Gasteiger partial charge on any atom is -0.0409 e. The standard InChI is InChI=1S/C7H9IN/c1-7(2,3)6-5(8)4-9-6/h1-3H3/q-1. The van der Waals surface area contributed by atoms with Gasteiger partial charge in [0.05, 0.1) is 0 Å². The average molecular weight is 234 g/mol. The molecule has 1 aliphatic heterocycles. The van der Waals surface area contributed by atoms with Crippen molar-refractivity contribution in [1.29, 1.82) is 0 Å². The average Bonchev–Trinajstić information content (AvgIpc) is 1.57. The van der Waals surface area contributed by atoms with Crippen molar-refractivity contribution in [2.24, 2.45) is 10.4 Å². The van der Waals surface area contributed by atoms with E-state index in [4.69, 9.17) is 0 Å². The number of nitrogens with zero attached hydrogens (tertiary/aromatic N) is 1. The lowest BCUT2D eigenvalue weighted by molar-refractivity contribution is 0.495. The van der Waals surface area contributed by atoms with Gasteiger partial charge in [0.25, 0.3) is 0 Å². The molecule has 0 aromatic carbocycles. The molecule has 0 N–H and O–H groups in total. The van der Waals surface area contributed by atoms with Crippen molar-refractivity contribution < 1.29 is 0 Å². The summed E-state index contributed by atoms with van der Waals surface area (Å²) in [4.78, 5) is 4.04. The molecule has 1 rings (SSSR count). The number of hydrogen-bond acceptors (Lipinski definition) is 1. The molecule has 0 aliphatic carbocycles. The van der Waals surface area contributed by atoms with Crippen LogP contribution < -0.4 is 0 Å². The fraction of sp³-hybridized carbons (Fsp3) is 0.571. The second-order valence-electron chi connectivity index (χ2n) is 3.14. The highest BCUT2D eigenvalue weighted by molar-refractivity contribution is 14.1. The maximum absolute atomic E-state index is 4.04. The van der Waals surface area contributed by atoms with E-state index in [1.165, 1.54) is 9.28 Å². The first-order valence-electron chi connectivity index (χ1n) is 2.89. The highest BCUT2D eigenvalue weighted by atomic mass is 127. The second kappa shape index (κ2) is 2.08. The van der Waals surface area contributed by atoms with E-state index in [-0.39, 0.29) is 5.41 Å². The van der Waals surface area contributed by atoms with Gasteiger partial charge in [0.1, 0.15) is 0 Å². The summed E-state index contributed by atoms with van der Waals surface area (Å²) in [5.74, 6) is 0. The Morgan fingerprint density at radius 1 is 1.44 bits per heavy atom. The monoisotopic (exact) mass is 234 g/mol. The molecule has 2 heteroatoms. The Labute approximate surface area is 69.4 Å². The van der Waals surface area contributed by atoms with Crippen molar-refractivity contribution in [2.45, 2.75) is 20.8 Å². The minimum absolute atomic E-state index is 0.210. The van der Waals surface area contributed by atoms with Crippen molar-refractivity contribution in [3.05, 3.63) is 9.28 Å². The lowest BCUT2D eigenvalue weighted by atomic mass is 9.90. The SMILES string of the molecule is CC(C)(C)C1=C(I)[C-]=N1. The van der Waals surface area contributed by atoms with Gasteiger partial charge in [-0.25, -0.2) is 0 Å². The topological polar surface area (TPSA) is 12.4 Å². The van der Waals surface area contributed by atoms with Crippen LogP contribution in [0.25, 0.3) is 0 Å². The highest BCUT2D eigenvalue weighted by Gasteiger charge is 2.15. The molecule has 0 aromatic rings. The van der Waals surface area contributed by atoms with Crippen LogP contribution in [0.15, 0.2) is 14.3 Å².